The standard InChI is InChI=1S/C11H6F7N3O/c12-6-3-5(22-11(16,17)18)1-2-7(6)20-8-4-19-9(21-8)10(13,14)15/h1-4,20H,(H,19,21). The molecule has 0 saturated heterocycles. The Morgan fingerprint density at radius 3 is 2.27 bits per heavy atom. The van der Waals surface area contributed by atoms with Gasteiger partial charge in [0.2, 0.25) is 5.82 Å². The Morgan fingerprint density at radius 1 is 1.09 bits per heavy atom. The van der Waals surface area contributed by atoms with Crippen LogP contribution in [0.5, 0.6) is 5.75 Å². The van der Waals surface area contributed by atoms with Crippen molar-refractivity contribution < 1.29 is 35.5 Å². The number of nitrogens with one attached hydrogen (secondary N) is 2. The third-order valence-electron chi connectivity index (χ3n) is 2.29. The maximum absolute atomic E-state index is 13.6. The van der Waals surface area contributed by atoms with Crippen molar-refractivity contribution in [3.8, 4) is 5.75 Å². The van der Waals surface area contributed by atoms with Gasteiger partial charge in [-0.2, -0.15) is 13.2 Å². The summed E-state index contributed by atoms with van der Waals surface area (Å²) in [5.74, 6) is -3.52. The maximum Gasteiger partial charge on any atom is 0.573 e. The highest BCUT2D eigenvalue weighted by Gasteiger charge is 2.34. The van der Waals surface area contributed by atoms with E-state index in [-0.39, 0.29) is 11.5 Å². The van der Waals surface area contributed by atoms with Gasteiger partial charge < -0.3 is 15.0 Å². The molecule has 0 aliphatic carbocycles. The first kappa shape index (κ1) is 15.9. The average Bonchev–Trinajstić information content (AvgIpc) is 2.79. The van der Waals surface area contributed by atoms with Gasteiger partial charge in [-0.25, -0.2) is 9.37 Å². The summed E-state index contributed by atoms with van der Waals surface area (Å²) in [6, 6.07) is 2.13. The molecule has 120 valence electrons. The van der Waals surface area contributed by atoms with Crippen molar-refractivity contribution in [1.29, 1.82) is 0 Å². The lowest BCUT2D eigenvalue weighted by Gasteiger charge is -2.10. The number of alkyl halides is 6. The van der Waals surface area contributed by atoms with Crippen molar-refractivity contribution in [3.63, 3.8) is 0 Å². The van der Waals surface area contributed by atoms with Crippen molar-refractivity contribution in [2.24, 2.45) is 0 Å². The van der Waals surface area contributed by atoms with Crippen LogP contribution < -0.4 is 10.1 Å². The van der Waals surface area contributed by atoms with Gasteiger partial charge in [0, 0.05) is 6.07 Å². The van der Waals surface area contributed by atoms with Crippen LogP contribution in [0.2, 0.25) is 0 Å². The van der Waals surface area contributed by atoms with E-state index in [4.69, 9.17) is 0 Å². The highest BCUT2D eigenvalue weighted by atomic mass is 19.4. The predicted octanol–water partition coefficient (Wildman–Crippen LogP) is 4.21. The van der Waals surface area contributed by atoms with Gasteiger partial charge in [-0.05, 0) is 12.1 Å². The molecule has 2 rings (SSSR count). The Bertz CT molecular complexity index is 662. The number of anilines is 2. The molecule has 11 heteroatoms. The number of hydrogen-bond acceptors (Lipinski definition) is 3. The van der Waals surface area contributed by atoms with E-state index in [2.05, 4.69) is 15.0 Å². The first-order valence-corrected chi connectivity index (χ1v) is 5.49. The van der Waals surface area contributed by atoms with Gasteiger partial charge in [0.05, 0.1) is 11.9 Å². The van der Waals surface area contributed by atoms with Gasteiger partial charge >= 0.3 is 12.5 Å². The Hall–Kier alpha value is -2.46. The third-order valence-corrected chi connectivity index (χ3v) is 2.29. The second-order valence-corrected chi connectivity index (χ2v) is 3.96. The number of aromatic amines is 1. The van der Waals surface area contributed by atoms with Crippen LogP contribution >= 0.6 is 0 Å². The zero-order valence-electron chi connectivity index (χ0n) is 10.3. The van der Waals surface area contributed by atoms with Crippen LogP contribution in [0.25, 0.3) is 0 Å². The number of benzene rings is 1. The molecule has 0 spiro atoms. The lowest BCUT2D eigenvalue weighted by atomic mass is 10.3. The number of H-pyrrole nitrogens is 1. The van der Waals surface area contributed by atoms with Crippen molar-refractivity contribution in [1.82, 2.24) is 9.97 Å². The summed E-state index contributed by atoms with van der Waals surface area (Å²) >= 11 is 0. The summed E-state index contributed by atoms with van der Waals surface area (Å²) in [5, 5.41) is 2.22. The summed E-state index contributed by atoms with van der Waals surface area (Å²) < 4.78 is 89.9. The molecule has 0 fully saturated rings. The highest BCUT2D eigenvalue weighted by Crippen LogP contribution is 2.30. The molecule has 0 atom stereocenters. The minimum absolute atomic E-state index is 0.282. The van der Waals surface area contributed by atoms with Gasteiger partial charge in [-0.1, -0.05) is 0 Å². The minimum atomic E-state index is -4.98. The quantitative estimate of drug-likeness (QED) is 0.830. The largest absolute Gasteiger partial charge is 0.573 e. The second-order valence-electron chi connectivity index (χ2n) is 3.96. The van der Waals surface area contributed by atoms with Gasteiger partial charge in [0.25, 0.3) is 0 Å². The minimum Gasteiger partial charge on any atom is -0.406 e. The molecule has 0 bridgehead atoms. The fourth-order valence-electron chi connectivity index (χ4n) is 1.47. The van der Waals surface area contributed by atoms with Gasteiger partial charge in [0.1, 0.15) is 17.4 Å². The first-order valence-electron chi connectivity index (χ1n) is 5.49. The Kier molecular flexibility index (Phi) is 3.90. The molecule has 4 nitrogen and oxygen atoms in total. The Balaban J connectivity index is 2.15. The summed E-state index contributed by atoms with van der Waals surface area (Å²) in [6.45, 7) is 0. The van der Waals surface area contributed by atoms with Crippen molar-refractivity contribution in [2.75, 3.05) is 5.32 Å². The number of hydrogen-bond donors (Lipinski definition) is 2. The molecule has 0 aliphatic rings. The normalized spacial score (nSPS) is 12.3. The van der Waals surface area contributed by atoms with E-state index in [9.17, 15) is 30.7 Å². The van der Waals surface area contributed by atoms with Crippen LogP contribution in [0, 0.1) is 5.82 Å². The summed E-state index contributed by atoms with van der Waals surface area (Å²) in [4.78, 5) is 4.90. The van der Waals surface area contributed by atoms with E-state index in [1.54, 1.807) is 0 Å². The van der Waals surface area contributed by atoms with Crippen molar-refractivity contribution >= 4 is 11.5 Å². The third kappa shape index (κ3) is 4.02. The molecule has 22 heavy (non-hydrogen) atoms. The molecule has 2 N–H and O–H groups in total. The number of halogens is 7. The van der Waals surface area contributed by atoms with Crippen LogP contribution in [0.15, 0.2) is 24.4 Å². The second kappa shape index (κ2) is 5.39. The Morgan fingerprint density at radius 2 is 1.77 bits per heavy atom. The molecule has 0 amide bonds. The lowest BCUT2D eigenvalue weighted by Crippen LogP contribution is -2.17. The molecule has 0 aliphatic heterocycles. The van der Waals surface area contributed by atoms with Crippen LogP contribution in [0.4, 0.5) is 42.2 Å². The predicted molar refractivity (Wildman–Crippen MR) is 60.0 cm³/mol. The number of ether oxygens (including phenoxy) is 1. The van der Waals surface area contributed by atoms with Gasteiger partial charge in [-0.3, -0.25) is 0 Å². The number of rotatable bonds is 3. The van der Waals surface area contributed by atoms with E-state index in [0.29, 0.717) is 6.07 Å². The van der Waals surface area contributed by atoms with Crippen LogP contribution in [-0.4, -0.2) is 16.3 Å². The molecule has 1 aromatic heterocycles. The topological polar surface area (TPSA) is 49.9 Å². The molecular formula is C11H6F7N3O. The van der Waals surface area contributed by atoms with Crippen LogP contribution in [0.1, 0.15) is 5.82 Å². The summed E-state index contributed by atoms with van der Waals surface area (Å²) in [6.07, 6.45) is -8.92. The summed E-state index contributed by atoms with van der Waals surface area (Å²) in [5.41, 5.74) is -0.355. The monoisotopic (exact) mass is 329 g/mol. The maximum atomic E-state index is 13.6. The fraction of sp³-hybridized carbons (Fsp3) is 0.182. The van der Waals surface area contributed by atoms with Crippen LogP contribution in [-0.2, 0) is 6.18 Å². The SMILES string of the molecule is Fc1cc(OC(F)(F)F)ccc1Nc1cnc(C(F)(F)F)[nH]1. The van der Waals surface area contributed by atoms with E-state index in [1.807, 2.05) is 4.98 Å². The molecule has 0 saturated carbocycles. The number of aromatic nitrogens is 2. The van der Waals surface area contributed by atoms with E-state index >= 15 is 0 Å². The zero-order valence-corrected chi connectivity index (χ0v) is 10.3. The van der Waals surface area contributed by atoms with E-state index < -0.39 is 29.9 Å². The molecule has 0 unspecified atom stereocenters. The zero-order chi connectivity index (χ0) is 16.5. The molecular weight excluding hydrogens is 323 g/mol. The van der Waals surface area contributed by atoms with E-state index in [0.717, 1.165) is 18.3 Å². The summed E-state index contributed by atoms with van der Waals surface area (Å²) in [7, 11) is 0. The van der Waals surface area contributed by atoms with Crippen molar-refractivity contribution in [2.45, 2.75) is 12.5 Å². The number of imidazole rings is 1. The van der Waals surface area contributed by atoms with Gasteiger partial charge in [-0.15, -0.1) is 13.2 Å². The van der Waals surface area contributed by atoms with Crippen LogP contribution in [0.3, 0.4) is 0 Å². The van der Waals surface area contributed by atoms with E-state index in [1.165, 1.54) is 0 Å². The smallest absolute Gasteiger partial charge is 0.406 e. The highest BCUT2D eigenvalue weighted by molar-refractivity contribution is 5.57. The lowest BCUT2D eigenvalue weighted by molar-refractivity contribution is -0.274. The van der Waals surface area contributed by atoms with Crippen molar-refractivity contribution in [3.05, 3.63) is 36.0 Å². The average molecular weight is 329 g/mol. The Labute approximate surface area is 117 Å². The molecule has 1 aromatic carbocycles. The molecule has 1 heterocycles. The first-order chi connectivity index (χ1) is 10.0. The fourth-order valence-corrected chi connectivity index (χ4v) is 1.47. The molecule has 0 radical (unpaired) electrons. The number of nitrogens with zero attached hydrogens (tertiary/aromatic N) is 1. The van der Waals surface area contributed by atoms with Gasteiger partial charge in [0.15, 0.2) is 0 Å². The molecule has 2 aromatic rings.